The van der Waals surface area contributed by atoms with E-state index in [1.54, 1.807) is 18.3 Å². The summed E-state index contributed by atoms with van der Waals surface area (Å²) in [5, 5.41) is 11.2. The van der Waals surface area contributed by atoms with Gasteiger partial charge in [0.15, 0.2) is 0 Å². The minimum absolute atomic E-state index is 0.315. The normalized spacial score (nSPS) is 15.8. The summed E-state index contributed by atoms with van der Waals surface area (Å²) in [6.45, 7) is 0. The predicted octanol–water partition coefficient (Wildman–Crippen LogP) is -0.119. The van der Waals surface area contributed by atoms with Gasteiger partial charge in [-0.25, -0.2) is 4.79 Å². The van der Waals surface area contributed by atoms with Gasteiger partial charge in [0.2, 0.25) is 5.91 Å². The zero-order valence-electron chi connectivity index (χ0n) is 10.2. The zero-order chi connectivity index (χ0) is 14.0. The molecular formula is C12H15N3O4. The third-order valence-electron chi connectivity index (χ3n) is 2.96. The van der Waals surface area contributed by atoms with Gasteiger partial charge in [0.05, 0.1) is 6.42 Å². The summed E-state index contributed by atoms with van der Waals surface area (Å²) in [6.07, 6.45) is 3.39. The number of nitrogens with two attached hydrogens (primary N) is 1. The molecule has 1 heterocycles. The van der Waals surface area contributed by atoms with Crippen molar-refractivity contribution in [1.82, 2.24) is 9.88 Å². The lowest BCUT2D eigenvalue weighted by Gasteiger charge is -2.14. The first-order chi connectivity index (χ1) is 8.99. The molecule has 0 spiro atoms. The molecule has 1 aliphatic rings. The summed E-state index contributed by atoms with van der Waals surface area (Å²) in [7, 11) is 0. The number of aliphatic carboxylic acids is 1. The van der Waals surface area contributed by atoms with Crippen LogP contribution in [0.25, 0.3) is 0 Å². The summed E-state index contributed by atoms with van der Waals surface area (Å²) in [4.78, 5) is 33.7. The van der Waals surface area contributed by atoms with Crippen LogP contribution >= 0.6 is 0 Å². The number of amides is 2. The van der Waals surface area contributed by atoms with Gasteiger partial charge in [0.25, 0.3) is 5.91 Å². The average molecular weight is 265 g/mol. The van der Waals surface area contributed by atoms with Gasteiger partial charge < -0.3 is 20.7 Å². The van der Waals surface area contributed by atoms with Crippen molar-refractivity contribution in [3.05, 3.63) is 24.0 Å². The highest BCUT2D eigenvalue weighted by Gasteiger charge is 2.29. The van der Waals surface area contributed by atoms with E-state index < -0.39 is 30.2 Å². The molecule has 1 aliphatic carbocycles. The smallest absolute Gasteiger partial charge is 0.326 e. The highest BCUT2D eigenvalue weighted by molar-refractivity contribution is 5.96. The molecule has 2 amide bonds. The first kappa shape index (κ1) is 13.1. The molecule has 1 saturated carbocycles. The number of primary amides is 1. The number of rotatable bonds is 6. The van der Waals surface area contributed by atoms with Crippen LogP contribution in [-0.4, -0.2) is 33.5 Å². The van der Waals surface area contributed by atoms with E-state index in [1.807, 2.05) is 4.57 Å². The maximum absolute atomic E-state index is 12.0. The highest BCUT2D eigenvalue weighted by Crippen LogP contribution is 2.35. The molecule has 0 aliphatic heterocycles. The minimum atomic E-state index is -1.30. The molecule has 7 heteroatoms. The largest absolute Gasteiger partial charge is 0.480 e. The molecular weight excluding hydrogens is 250 g/mol. The Morgan fingerprint density at radius 1 is 1.47 bits per heavy atom. The van der Waals surface area contributed by atoms with Gasteiger partial charge in [-0.3, -0.25) is 9.59 Å². The fourth-order valence-corrected chi connectivity index (χ4v) is 1.89. The predicted molar refractivity (Wildman–Crippen MR) is 65.4 cm³/mol. The van der Waals surface area contributed by atoms with E-state index in [4.69, 9.17) is 10.8 Å². The molecule has 1 aromatic heterocycles. The molecule has 0 unspecified atom stereocenters. The van der Waals surface area contributed by atoms with E-state index in [1.165, 1.54) is 0 Å². The van der Waals surface area contributed by atoms with Gasteiger partial charge in [-0.05, 0) is 25.0 Å². The van der Waals surface area contributed by atoms with E-state index in [2.05, 4.69) is 5.32 Å². The molecule has 19 heavy (non-hydrogen) atoms. The van der Waals surface area contributed by atoms with Crippen LogP contribution in [0.3, 0.4) is 0 Å². The summed E-state index contributed by atoms with van der Waals surface area (Å²) >= 11 is 0. The Hall–Kier alpha value is -2.31. The van der Waals surface area contributed by atoms with Gasteiger partial charge >= 0.3 is 5.97 Å². The molecule has 7 nitrogen and oxygen atoms in total. The highest BCUT2D eigenvalue weighted by atomic mass is 16.4. The van der Waals surface area contributed by atoms with Gasteiger partial charge in [-0.15, -0.1) is 0 Å². The second-order valence-electron chi connectivity index (χ2n) is 4.57. The van der Waals surface area contributed by atoms with Gasteiger partial charge in [-0.2, -0.15) is 0 Å². The number of hydrogen-bond donors (Lipinski definition) is 3. The van der Waals surface area contributed by atoms with E-state index >= 15 is 0 Å². The monoisotopic (exact) mass is 265 g/mol. The number of nitrogens with one attached hydrogen (secondary N) is 1. The summed E-state index contributed by atoms with van der Waals surface area (Å²) in [5.41, 5.74) is 5.36. The average Bonchev–Trinajstić information content (AvgIpc) is 3.05. The standard InChI is InChI=1S/C12H15N3O4/c13-10(16)6-8(12(18)19)14-11(17)9-2-1-5-15(9)7-3-4-7/h1-2,5,7-8H,3-4,6H2,(H2,13,16)(H,14,17)(H,18,19)/t8-/m1/s1. The Kier molecular flexibility index (Phi) is 3.55. The van der Waals surface area contributed by atoms with E-state index in [0.717, 1.165) is 12.8 Å². The fourth-order valence-electron chi connectivity index (χ4n) is 1.89. The van der Waals surface area contributed by atoms with Crippen molar-refractivity contribution >= 4 is 17.8 Å². The molecule has 1 atom stereocenters. The lowest BCUT2D eigenvalue weighted by atomic mass is 10.2. The number of carboxylic acids is 1. The van der Waals surface area contributed by atoms with E-state index in [0.29, 0.717) is 11.7 Å². The maximum atomic E-state index is 12.0. The Morgan fingerprint density at radius 3 is 2.68 bits per heavy atom. The van der Waals surface area contributed by atoms with Crippen LogP contribution in [0.4, 0.5) is 0 Å². The van der Waals surface area contributed by atoms with Crippen LogP contribution in [0.15, 0.2) is 18.3 Å². The third kappa shape index (κ3) is 3.12. The van der Waals surface area contributed by atoms with Gasteiger partial charge in [-0.1, -0.05) is 0 Å². The molecule has 0 aromatic carbocycles. The first-order valence-corrected chi connectivity index (χ1v) is 5.98. The van der Waals surface area contributed by atoms with Crippen molar-refractivity contribution in [3.8, 4) is 0 Å². The third-order valence-corrected chi connectivity index (χ3v) is 2.96. The molecule has 1 fully saturated rings. The second-order valence-corrected chi connectivity index (χ2v) is 4.57. The summed E-state index contributed by atoms with van der Waals surface area (Å²) in [5.74, 6) is -2.56. The number of carbonyl (C=O) groups is 3. The fraction of sp³-hybridized carbons (Fsp3) is 0.417. The number of aromatic nitrogens is 1. The Morgan fingerprint density at radius 2 is 2.16 bits per heavy atom. The number of carboxylic acid groups (broad SMARTS) is 1. The molecule has 0 radical (unpaired) electrons. The number of carbonyl (C=O) groups excluding carboxylic acids is 2. The van der Waals surface area contributed by atoms with E-state index in [9.17, 15) is 14.4 Å². The van der Waals surface area contributed by atoms with Crippen LogP contribution in [-0.2, 0) is 9.59 Å². The Bertz CT molecular complexity index is 519. The molecule has 102 valence electrons. The Labute approximate surface area is 109 Å². The quantitative estimate of drug-likeness (QED) is 0.665. The number of hydrogen-bond acceptors (Lipinski definition) is 3. The van der Waals surface area contributed by atoms with Crippen molar-refractivity contribution in [2.75, 3.05) is 0 Å². The van der Waals surface area contributed by atoms with Crippen molar-refractivity contribution < 1.29 is 19.5 Å². The maximum Gasteiger partial charge on any atom is 0.326 e. The lowest BCUT2D eigenvalue weighted by Crippen LogP contribution is -2.43. The van der Waals surface area contributed by atoms with Crippen molar-refractivity contribution in [1.29, 1.82) is 0 Å². The zero-order valence-corrected chi connectivity index (χ0v) is 10.2. The topological polar surface area (TPSA) is 114 Å². The number of nitrogens with zero attached hydrogens (tertiary/aromatic N) is 1. The minimum Gasteiger partial charge on any atom is -0.480 e. The van der Waals surface area contributed by atoms with Crippen molar-refractivity contribution in [2.45, 2.75) is 31.3 Å². The first-order valence-electron chi connectivity index (χ1n) is 5.98. The SMILES string of the molecule is NC(=O)C[C@@H](NC(=O)c1cccn1C1CC1)C(=O)O. The molecule has 0 saturated heterocycles. The Balaban J connectivity index is 2.08. The van der Waals surface area contributed by atoms with Gasteiger partial charge in [0.1, 0.15) is 11.7 Å². The van der Waals surface area contributed by atoms with E-state index in [-0.39, 0.29) is 0 Å². The molecule has 4 N–H and O–H groups in total. The summed E-state index contributed by atoms with van der Waals surface area (Å²) < 4.78 is 1.82. The lowest BCUT2D eigenvalue weighted by molar-refractivity contribution is -0.140. The van der Waals surface area contributed by atoms with Gasteiger partial charge in [0, 0.05) is 12.2 Å². The van der Waals surface area contributed by atoms with Crippen LogP contribution in [0.2, 0.25) is 0 Å². The van der Waals surface area contributed by atoms with Crippen LogP contribution in [0.1, 0.15) is 35.8 Å². The summed E-state index contributed by atoms with van der Waals surface area (Å²) in [6, 6.07) is 2.37. The van der Waals surface area contributed by atoms with Crippen LogP contribution < -0.4 is 11.1 Å². The van der Waals surface area contributed by atoms with Crippen LogP contribution in [0.5, 0.6) is 0 Å². The van der Waals surface area contributed by atoms with Crippen LogP contribution in [0, 0.1) is 0 Å². The molecule has 1 aromatic rings. The molecule has 0 bridgehead atoms. The second kappa shape index (κ2) is 5.13. The molecule has 2 rings (SSSR count). The van der Waals surface area contributed by atoms with Crippen molar-refractivity contribution in [2.24, 2.45) is 5.73 Å². The van der Waals surface area contributed by atoms with Crippen molar-refractivity contribution in [3.63, 3.8) is 0 Å².